The van der Waals surface area contributed by atoms with Crippen molar-refractivity contribution in [3.8, 4) is 11.5 Å². The summed E-state index contributed by atoms with van der Waals surface area (Å²) in [6, 6.07) is 5.73. The number of urea groups is 1. The van der Waals surface area contributed by atoms with E-state index in [0.29, 0.717) is 31.9 Å². The predicted molar refractivity (Wildman–Crippen MR) is 107 cm³/mol. The third kappa shape index (κ3) is 5.98. The van der Waals surface area contributed by atoms with E-state index in [4.69, 9.17) is 9.47 Å². The molecule has 1 aromatic carbocycles. The molecule has 28 heavy (non-hydrogen) atoms. The standard InChI is InChI=1S/C20H32N4O4/c1-27-18-5-4-16(13-21-6-10-24-11-7-22-20(24)26)19(12-18)28-15-17(25)14-23-8-2-3-9-23/h4-5,12,17,21,25H,2-3,6-11,13-15H2,1H3,(H,22,26). The summed E-state index contributed by atoms with van der Waals surface area (Å²) in [6.07, 6.45) is 1.90. The van der Waals surface area contributed by atoms with E-state index in [0.717, 1.165) is 37.5 Å². The molecule has 2 aliphatic rings. The van der Waals surface area contributed by atoms with Crippen LogP contribution in [-0.2, 0) is 6.54 Å². The zero-order chi connectivity index (χ0) is 19.8. The van der Waals surface area contributed by atoms with Gasteiger partial charge in [-0.2, -0.15) is 0 Å². The van der Waals surface area contributed by atoms with Crippen molar-refractivity contribution >= 4 is 6.03 Å². The summed E-state index contributed by atoms with van der Waals surface area (Å²) in [5, 5.41) is 16.5. The molecule has 8 heteroatoms. The van der Waals surface area contributed by atoms with E-state index in [1.807, 2.05) is 18.2 Å². The van der Waals surface area contributed by atoms with Gasteiger partial charge in [-0.25, -0.2) is 4.79 Å². The maximum atomic E-state index is 11.6. The zero-order valence-corrected chi connectivity index (χ0v) is 16.7. The van der Waals surface area contributed by atoms with Crippen LogP contribution in [0.2, 0.25) is 0 Å². The van der Waals surface area contributed by atoms with Crippen molar-refractivity contribution in [2.75, 3.05) is 59.5 Å². The van der Waals surface area contributed by atoms with E-state index in [9.17, 15) is 9.90 Å². The summed E-state index contributed by atoms with van der Waals surface area (Å²) in [5.41, 5.74) is 1.00. The number of likely N-dealkylation sites (tertiary alicyclic amines) is 1. The molecular formula is C20H32N4O4. The third-order valence-corrected chi connectivity index (χ3v) is 5.19. The topological polar surface area (TPSA) is 86.3 Å². The Kier molecular flexibility index (Phi) is 7.76. The van der Waals surface area contributed by atoms with Crippen LogP contribution in [-0.4, -0.2) is 86.6 Å². The summed E-state index contributed by atoms with van der Waals surface area (Å²) in [4.78, 5) is 15.6. The van der Waals surface area contributed by atoms with Gasteiger partial charge in [0.15, 0.2) is 0 Å². The molecule has 2 aliphatic heterocycles. The molecule has 8 nitrogen and oxygen atoms in total. The second kappa shape index (κ2) is 10.5. The first kappa shape index (κ1) is 20.7. The van der Waals surface area contributed by atoms with E-state index >= 15 is 0 Å². The van der Waals surface area contributed by atoms with Gasteiger partial charge in [-0.15, -0.1) is 0 Å². The summed E-state index contributed by atoms with van der Waals surface area (Å²) in [7, 11) is 1.63. The number of rotatable bonds is 11. The summed E-state index contributed by atoms with van der Waals surface area (Å²) >= 11 is 0. The van der Waals surface area contributed by atoms with Crippen LogP contribution in [0.25, 0.3) is 0 Å². The molecule has 0 bridgehead atoms. The Morgan fingerprint density at radius 2 is 2.11 bits per heavy atom. The van der Waals surface area contributed by atoms with Crippen LogP contribution in [0.3, 0.4) is 0 Å². The van der Waals surface area contributed by atoms with Crippen LogP contribution in [0, 0.1) is 0 Å². The first-order valence-corrected chi connectivity index (χ1v) is 10.1. The van der Waals surface area contributed by atoms with Crippen LogP contribution in [0.5, 0.6) is 11.5 Å². The maximum Gasteiger partial charge on any atom is 0.317 e. The van der Waals surface area contributed by atoms with Crippen molar-refractivity contribution in [2.24, 2.45) is 0 Å². The fourth-order valence-electron chi connectivity index (χ4n) is 3.61. The monoisotopic (exact) mass is 392 g/mol. The molecule has 2 heterocycles. The minimum absolute atomic E-state index is 0.00209. The molecule has 3 N–H and O–H groups in total. The predicted octanol–water partition coefficient (Wildman–Crippen LogP) is 0.646. The van der Waals surface area contributed by atoms with E-state index < -0.39 is 6.10 Å². The van der Waals surface area contributed by atoms with Gasteiger partial charge in [0.25, 0.3) is 0 Å². The lowest BCUT2D eigenvalue weighted by Crippen LogP contribution is -2.34. The quantitative estimate of drug-likeness (QED) is 0.480. The largest absolute Gasteiger partial charge is 0.497 e. The fraction of sp³-hybridized carbons (Fsp3) is 0.650. The molecule has 3 rings (SSSR count). The van der Waals surface area contributed by atoms with Gasteiger partial charge in [0.2, 0.25) is 0 Å². The number of amides is 2. The average molecular weight is 393 g/mol. The van der Waals surface area contributed by atoms with Crippen LogP contribution < -0.4 is 20.1 Å². The van der Waals surface area contributed by atoms with Gasteiger partial charge >= 0.3 is 6.03 Å². The lowest BCUT2D eigenvalue weighted by Gasteiger charge is -2.21. The van der Waals surface area contributed by atoms with Crippen molar-refractivity contribution < 1.29 is 19.4 Å². The van der Waals surface area contributed by atoms with Crippen LogP contribution in [0.1, 0.15) is 18.4 Å². The molecule has 2 fully saturated rings. The maximum absolute atomic E-state index is 11.6. The lowest BCUT2D eigenvalue weighted by molar-refractivity contribution is 0.0753. The number of ether oxygens (including phenoxy) is 2. The van der Waals surface area contributed by atoms with E-state index in [1.165, 1.54) is 12.8 Å². The molecule has 2 saturated heterocycles. The number of methoxy groups -OCH3 is 1. The van der Waals surface area contributed by atoms with Crippen LogP contribution in [0.4, 0.5) is 4.79 Å². The van der Waals surface area contributed by atoms with Crippen molar-refractivity contribution in [3.05, 3.63) is 23.8 Å². The first-order chi connectivity index (χ1) is 13.7. The van der Waals surface area contributed by atoms with Gasteiger partial charge in [0.05, 0.1) is 7.11 Å². The summed E-state index contributed by atoms with van der Waals surface area (Å²) in [5.74, 6) is 1.44. The minimum atomic E-state index is -0.515. The highest BCUT2D eigenvalue weighted by Gasteiger charge is 2.19. The number of hydrogen-bond acceptors (Lipinski definition) is 6. The summed E-state index contributed by atoms with van der Waals surface area (Å²) in [6.45, 7) is 6.49. The van der Waals surface area contributed by atoms with Crippen molar-refractivity contribution in [1.82, 2.24) is 20.4 Å². The highest BCUT2D eigenvalue weighted by atomic mass is 16.5. The third-order valence-electron chi connectivity index (χ3n) is 5.19. The number of benzene rings is 1. The molecule has 0 spiro atoms. The molecule has 1 aromatic rings. The first-order valence-electron chi connectivity index (χ1n) is 10.1. The van der Waals surface area contributed by atoms with Crippen LogP contribution in [0.15, 0.2) is 18.2 Å². The number of β-amino-alcohol motifs (C(OH)–C–C–N with tert-alkyl or cyclic N) is 1. The van der Waals surface area contributed by atoms with Gasteiger partial charge in [0, 0.05) is 50.9 Å². The number of nitrogens with zero attached hydrogens (tertiary/aromatic N) is 2. The zero-order valence-electron chi connectivity index (χ0n) is 16.7. The van der Waals surface area contributed by atoms with Gasteiger partial charge in [-0.05, 0) is 32.0 Å². The molecule has 156 valence electrons. The Morgan fingerprint density at radius 1 is 1.29 bits per heavy atom. The normalized spacial score (nSPS) is 18.4. The Bertz CT molecular complexity index is 637. The van der Waals surface area contributed by atoms with Crippen molar-refractivity contribution in [3.63, 3.8) is 0 Å². The smallest absolute Gasteiger partial charge is 0.317 e. The van der Waals surface area contributed by atoms with Gasteiger partial charge in [-0.3, -0.25) is 0 Å². The molecule has 0 radical (unpaired) electrons. The molecular weight excluding hydrogens is 360 g/mol. The number of carbonyl (C=O) groups is 1. The van der Waals surface area contributed by atoms with Crippen molar-refractivity contribution in [1.29, 1.82) is 0 Å². The number of hydrogen-bond donors (Lipinski definition) is 3. The SMILES string of the molecule is COc1ccc(CNCCN2CCNC2=O)c(OCC(O)CN2CCCC2)c1. The summed E-state index contributed by atoms with van der Waals surface area (Å²) < 4.78 is 11.2. The Labute approximate surface area is 166 Å². The molecule has 0 saturated carbocycles. The molecule has 0 aliphatic carbocycles. The lowest BCUT2D eigenvalue weighted by atomic mass is 10.2. The fourth-order valence-corrected chi connectivity index (χ4v) is 3.61. The average Bonchev–Trinajstić information content (AvgIpc) is 3.35. The molecule has 1 atom stereocenters. The molecule has 2 amide bonds. The number of aliphatic hydroxyl groups excluding tert-OH is 1. The number of aliphatic hydroxyl groups is 1. The second-order valence-corrected chi connectivity index (χ2v) is 7.34. The van der Waals surface area contributed by atoms with Crippen molar-refractivity contribution in [2.45, 2.75) is 25.5 Å². The number of carbonyl (C=O) groups excluding carboxylic acids is 1. The Hall–Kier alpha value is -2.03. The Morgan fingerprint density at radius 3 is 2.82 bits per heavy atom. The second-order valence-electron chi connectivity index (χ2n) is 7.34. The highest BCUT2D eigenvalue weighted by molar-refractivity contribution is 5.76. The molecule has 0 aromatic heterocycles. The van der Waals surface area contributed by atoms with Gasteiger partial charge in [-0.1, -0.05) is 6.07 Å². The van der Waals surface area contributed by atoms with Gasteiger partial charge < -0.3 is 35.0 Å². The van der Waals surface area contributed by atoms with Gasteiger partial charge in [0.1, 0.15) is 24.2 Å². The van der Waals surface area contributed by atoms with E-state index in [2.05, 4.69) is 15.5 Å². The number of nitrogens with one attached hydrogen (secondary N) is 2. The Balaban J connectivity index is 1.48. The van der Waals surface area contributed by atoms with E-state index in [1.54, 1.807) is 12.0 Å². The van der Waals surface area contributed by atoms with Crippen LogP contribution >= 0.6 is 0 Å². The van der Waals surface area contributed by atoms with E-state index in [-0.39, 0.29) is 12.6 Å². The highest BCUT2D eigenvalue weighted by Crippen LogP contribution is 2.25. The molecule has 1 unspecified atom stereocenters. The minimum Gasteiger partial charge on any atom is -0.497 e.